The van der Waals surface area contributed by atoms with Gasteiger partial charge in [-0.05, 0) is 52.2 Å². The van der Waals surface area contributed by atoms with Crippen LogP contribution in [0.2, 0.25) is 0 Å². The first-order valence-electron chi connectivity index (χ1n) is 9.98. The molecule has 0 spiro atoms. The van der Waals surface area contributed by atoms with Crippen molar-refractivity contribution in [2.75, 3.05) is 18.5 Å². The fourth-order valence-electron chi connectivity index (χ4n) is 2.44. The summed E-state index contributed by atoms with van der Waals surface area (Å²) in [5.74, 6) is 0.434. The molecule has 0 fully saturated rings. The van der Waals surface area contributed by atoms with Gasteiger partial charge >= 0.3 is 6.09 Å². The largest absolute Gasteiger partial charge is 0.492 e. The second-order valence-electron chi connectivity index (χ2n) is 8.10. The van der Waals surface area contributed by atoms with Gasteiger partial charge in [0.05, 0.1) is 18.3 Å². The molecule has 0 saturated carbocycles. The number of benzene rings is 1. The highest BCUT2D eigenvalue weighted by atomic mass is 16.6. The average Bonchev–Trinajstić information content (AvgIpc) is 2.61. The molecule has 1 unspecified atom stereocenters. The van der Waals surface area contributed by atoms with Crippen molar-refractivity contribution in [1.82, 2.24) is 5.32 Å². The Bertz CT molecular complexity index is 728. The highest BCUT2D eigenvalue weighted by Crippen LogP contribution is 2.23. The molecule has 4 N–H and O–H groups in total. The minimum Gasteiger partial charge on any atom is -0.492 e. The number of rotatable bonds is 10. The van der Waals surface area contributed by atoms with E-state index >= 15 is 0 Å². The van der Waals surface area contributed by atoms with Crippen molar-refractivity contribution in [2.24, 2.45) is 16.8 Å². The van der Waals surface area contributed by atoms with Gasteiger partial charge in [-0.25, -0.2) is 4.79 Å². The first-order chi connectivity index (χ1) is 14.0. The van der Waals surface area contributed by atoms with E-state index < -0.39 is 23.6 Å². The number of nitrogens with zero attached hydrogens (tertiary/aromatic N) is 1. The summed E-state index contributed by atoms with van der Waals surface area (Å²) in [5, 5.41) is 9.19. The molecule has 1 aromatic rings. The third-order valence-electron chi connectivity index (χ3n) is 3.58. The molecule has 0 heterocycles. The first kappa shape index (κ1) is 25.1. The normalized spacial score (nSPS) is 12.8. The summed E-state index contributed by atoms with van der Waals surface area (Å²) in [7, 11) is 0. The Labute approximate surface area is 178 Å². The maximum Gasteiger partial charge on any atom is 0.408 e. The fraction of sp³-hybridized carbons (Fsp3) is 0.571. The molecular formula is C21H34N4O5. The number of nitrogens with one attached hydrogen (secondary N) is 2. The zero-order valence-corrected chi connectivity index (χ0v) is 18.7. The van der Waals surface area contributed by atoms with Gasteiger partial charge in [0.1, 0.15) is 11.4 Å². The summed E-state index contributed by atoms with van der Waals surface area (Å²) in [6.45, 7) is 11.3. The van der Waals surface area contributed by atoms with E-state index in [1.807, 2.05) is 26.8 Å². The van der Waals surface area contributed by atoms with Crippen LogP contribution in [0.1, 0.15) is 48.0 Å². The Hall–Kier alpha value is -2.97. The van der Waals surface area contributed by atoms with Crippen LogP contribution in [-0.2, 0) is 14.4 Å². The van der Waals surface area contributed by atoms with E-state index in [0.717, 1.165) is 0 Å². The molecule has 0 bridgehead atoms. The van der Waals surface area contributed by atoms with Crippen LogP contribution in [0.25, 0.3) is 0 Å². The number of amides is 2. The Morgan fingerprint density at radius 3 is 2.47 bits per heavy atom. The van der Waals surface area contributed by atoms with Crippen LogP contribution < -0.4 is 21.1 Å². The number of nitrogens with two attached hydrogens (primary N) is 1. The van der Waals surface area contributed by atoms with Crippen molar-refractivity contribution in [2.45, 2.75) is 59.6 Å². The summed E-state index contributed by atoms with van der Waals surface area (Å²) < 4.78 is 10.7. The molecule has 0 aliphatic carbocycles. The summed E-state index contributed by atoms with van der Waals surface area (Å²) >= 11 is 0. The number of ether oxygens (including phenoxy) is 2. The molecule has 0 aromatic heterocycles. The van der Waals surface area contributed by atoms with Crippen LogP contribution in [0.4, 0.5) is 10.5 Å². The molecule has 0 saturated heterocycles. The highest BCUT2D eigenvalue weighted by molar-refractivity contribution is 5.93. The van der Waals surface area contributed by atoms with Crippen LogP contribution in [0.3, 0.4) is 0 Å². The summed E-state index contributed by atoms with van der Waals surface area (Å²) in [6.07, 6.45) is -0.0668. The standard InChI is InChI=1S/C21H34N4O5/c1-7-28-17-11-9-8-10-15(17)23-18(26)13-29-25-19(22)16(12-14(2)3)24-20(27)30-21(4,5)6/h8-11,14,16H,7,12-13H2,1-6H3,(H2,22,25)(H,23,26)(H,24,27). The number of hydrogen-bond donors (Lipinski definition) is 3. The Morgan fingerprint density at radius 1 is 1.20 bits per heavy atom. The summed E-state index contributed by atoms with van der Waals surface area (Å²) in [4.78, 5) is 29.3. The van der Waals surface area contributed by atoms with Crippen LogP contribution >= 0.6 is 0 Å². The molecule has 30 heavy (non-hydrogen) atoms. The van der Waals surface area contributed by atoms with Gasteiger partial charge in [-0.3, -0.25) is 4.79 Å². The van der Waals surface area contributed by atoms with Gasteiger partial charge in [0.15, 0.2) is 12.4 Å². The molecule has 9 nitrogen and oxygen atoms in total. The van der Waals surface area contributed by atoms with Crippen molar-refractivity contribution in [3.8, 4) is 5.75 Å². The van der Waals surface area contributed by atoms with Gasteiger partial charge in [0.2, 0.25) is 0 Å². The third kappa shape index (κ3) is 9.99. The zero-order chi connectivity index (χ0) is 22.7. The number of alkyl carbamates (subject to hydrolysis) is 1. The number of carbonyl (C=O) groups is 2. The van der Waals surface area contributed by atoms with E-state index in [1.165, 1.54) is 0 Å². The Kier molecular flexibility index (Phi) is 9.94. The van der Waals surface area contributed by atoms with Crippen molar-refractivity contribution in [3.63, 3.8) is 0 Å². The predicted octanol–water partition coefficient (Wildman–Crippen LogP) is 3.25. The molecular weight excluding hydrogens is 388 g/mol. The van der Waals surface area contributed by atoms with E-state index in [2.05, 4.69) is 15.8 Å². The average molecular weight is 423 g/mol. The Balaban J connectivity index is 2.66. The van der Waals surface area contributed by atoms with Crippen molar-refractivity contribution in [1.29, 1.82) is 0 Å². The second-order valence-corrected chi connectivity index (χ2v) is 8.10. The van der Waals surface area contributed by atoms with Gasteiger partial charge in [-0.2, -0.15) is 0 Å². The minimum atomic E-state index is -0.634. The van der Waals surface area contributed by atoms with E-state index in [-0.39, 0.29) is 18.4 Å². The smallest absolute Gasteiger partial charge is 0.408 e. The van der Waals surface area contributed by atoms with Crippen molar-refractivity contribution >= 4 is 23.5 Å². The Morgan fingerprint density at radius 2 is 1.87 bits per heavy atom. The van der Waals surface area contributed by atoms with Gasteiger partial charge < -0.3 is 30.7 Å². The summed E-state index contributed by atoms with van der Waals surface area (Å²) in [5.41, 5.74) is 5.89. The molecule has 2 amide bonds. The number of amidine groups is 1. The van der Waals surface area contributed by atoms with Crippen LogP contribution in [0, 0.1) is 5.92 Å². The molecule has 0 aliphatic rings. The van der Waals surface area contributed by atoms with Crippen molar-refractivity contribution in [3.05, 3.63) is 24.3 Å². The molecule has 0 radical (unpaired) electrons. The molecule has 1 aromatic carbocycles. The number of para-hydroxylation sites is 2. The van der Waals surface area contributed by atoms with E-state index in [1.54, 1.807) is 39.0 Å². The van der Waals surface area contributed by atoms with Crippen molar-refractivity contribution < 1.29 is 23.9 Å². The zero-order valence-electron chi connectivity index (χ0n) is 18.7. The first-order valence-corrected chi connectivity index (χ1v) is 9.98. The van der Waals surface area contributed by atoms with E-state index in [0.29, 0.717) is 24.5 Å². The lowest BCUT2D eigenvalue weighted by Crippen LogP contribution is -2.47. The monoisotopic (exact) mass is 422 g/mol. The molecule has 168 valence electrons. The van der Waals surface area contributed by atoms with Gasteiger partial charge in [0.25, 0.3) is 5.91 Å². The van der Waals surface area contributed by atoms with Gasteiger partial charge in [-0.1, -0.05) is 31.1 Å². The third-order valence-corrected chi connectivity index (χ3v) is 3.58. The number of anilines is 1. The van der Waals surface area contributed by atoms with E-state index in [4.69, 9.17) is 20.0 Å². The lowest BCUT2D eigenvalue weighted by molar-refractivity contribution is -0.120. The molecule has 9 heteroatoms. The van der Waals surface area contributed by atoms with Crippen LogP contribution in [0.15, 0.2) is 29.4 Å². The lowest BCUT2D eigenvalue weighted by Gasteiger charge is -2.24. The number of oxime groups is 1. The number of carbonyl (C=O) groups excluding carboxylic acids is 2. The lowest BCUT2D eigenvalue weighted by atomic mass is 10.0. The van der Waals surface area contributed by atoms with Crippen LogP contribution in [0.5, 0.6) is 5.75 Å². The molecule has 0 aliphatic heterocycles. The van der Waals surface area contributed by atoms with Gasteiger partial charge in [0, 0.05) is 0 Å². The van der Waals surface area contributed by atoms with E-state index in [9.17, 15) is 9.59 Å². The fourth-order valence-corrected chi connectivity index (χ4v) is 2.44. The predicted molar refractivity (Wildman–Crippen MR) is 116 cm³/mol. The topological polar surface area (TPSA) is 124 Å². The maximum atomic E-state index is 12.1. The van der Waals surface area contributed by atoms with Gasteiger partial charge in [-0.15, -0.1) is 0 Å². The summed E-state index contributed by atoms with van der Waals surface area (Å²) in [6, 6.07) is 6.50. The quantitative estimate of drug-likeness (QED) is 0.302. The SMILES string of the molecule is CCOc1ccccc1NC(=O)CO/N=C(/N)C(CC(C)C)NC(=O)OC(C)(C)C. The minimum absolute atomic E-state index is 0.0528. The maximum absolute atomic E-state index is 12.1. The van der Waals surface area contributed by atoms with Crippen LogP contribution in [-0.4, -0.2) is 42.7 Å². The second kappa shape index (κ2) is 11.9. The number of hydrogen-bond acceptors (Lipinski definition) is 6. The molecule has 1 rings (SSSR count). The highest BCUT2D eigenvalue weighted by Gasteiger charge is 2.23. The molecule has 1 atom stereocenters.